The Bertz CT molecular complexity index is 2470. The lowest BCUT2D eigenvalue weighted by Gasteiger charge is -2.19. The van der Waals surface area contributed by atoms with Gasteiger partial charge in [0, 0.05) is 75.9 Å². The predicted octanol–water partition coefficient (Wildman–Crippen LogP) is 7.85. The van der Waals surface area contributed by atoms with Gasteiger partial charge in [-0.05, 0) is 73.2 Å². The van der Waals surface area contributed by atoms with Gasteiger partial charge in [0.05, 0.1) is 18.5 Å². The van der Waals surface area contributed by atoms with E-state index in [1.807, 2.05) is 12.4 Å². The Morgan fingerprint density at radius 3 is 1.58 bits per heavy atom. The standard InChI is InChI=1S/C21H20F3N3O3.C20H18F3N3O3/c1-29-18-10-13(9-17(28)15-3-2-4-19(25-15)21(22,23)24)11-27-12-16(26-20(18)27)14-5-7-30-8-6-14;21-20(22,23)18-3-1-2-14(24-18)16(27)8-12-9-17(28)19-25-15(11-26(19)10-12)13-4-6-29-7-5-13/h2-4,10-12,14H,5-9H2,1H3;1-3,9-11,13,28H,4-8H2. The summed E-state index contributed by atoms with van der Waals surface area (Å²) >= 11 is 0. The number of rotatable bonds is 9. The highest BCUT2D eigenvalue weighted by atomic mass is 19.4. The molecule has 2 fully saturated rings. The Balaban J connectivity index is 0.000000179. The van der Waals surface area contributed by atoms with Crippen molar-refractivity contribution in [3.8, 4) is 11.5 Å². The van der Waals surface area contributed by atoms with Crippen molar-refractivity contribution < 1.29 is 55.2 Å². The Hall–Kier alpha value is -5.88. The molecule has 0 spiro atoms. The SMILES string of the molecule is COc1cc(CC(=O)c2cccc(C(F)(F)F)n2)cn2cc(C3CCOCC3)nc12.O=C(Cc1cc(O)c2nc(C3CCOCC3)cn2c1)c1cccc(C(F)(F)F)n1. The first-order chi connectivity index (χ1) is 28.2. The maximum absolute atomic E-state index is 12.9. The number of carbonyl (C=O) groups excluding carboxylic acids is 2. The number of alkyl halides is 6. The van der Waals surface area contributed by atoms with E-state index in [9.17, 15) is 41.0 Å². The lowest BCUT2D eigenvalue weighted by Crippen LogP contribution is -2.14. The number of carbonyl (C=O) groups is 2. The van der Waals surface area contributed by atoms with Crippen molar-refractivity contribution in [1.82, 2.24) is 28.7 Å². The molecule has 0 bridgehead atoms. The molecular weight excluding hydrogens is 786 g/mol. The number of methoxy groups -OCH3 is 1. The molecule has 310 valence electrons. The van der Waals surface area contributed by atoms with Crippen LogP contribution in [0.25, 0.3) is 11.3 Å². The van der Waals surface area contributed by atoms with Crippen molar-refractivity contribution in [2.45, 2.75) is 62.7 Å². The van der Waals surface area contributed by atoms with Crippen LogP contribution in [-0.2, 0) is 34.7 Å². The average Bonchev–Trinajstić information content (AvgIpc) is 3.86. The molecule has 18 heteroatoms. The van der Waals surface area contributed by atoms with E-state index in [1.54, 1.807) is 27.3 Å². The Morgan fingerprint density at radius 2 is 1.12 bits per heavy atom. The van der Waals surface area contributed by atoms with Gasteiger partial charge in [-0.15, -0.1) is 0 Å². The maximum Gasteiger partial charge on any atom is 0.433 e. The fraction of sp³-hybridized carbons (Fsp3) is 0.366. The molecule has 2 aliphatic rings. The minimum absolute atomic E-state index is 0.0920. The molecule has 0 aliphatic carbocycles. The highest BCUT2D eigenvalue weighted by Gasteiger charge is 2.34. The number of aromatic nitrogens is 6. The summed E-state index contributed by atoms with van der Waals surface area (Å²) in [5.41, 5.74) is 1.13. The van der Waals surface area contributed by atoms with Gasteiger partial charge >= 0.3 is 12.4 Å². The van der Waals surface area contributed by atoms with Gasteiger partial charge in [-0.25, -0.2) is 19.9 Å². The van der Waals surface area contributed by atoms with Crippen LogP contribution in [0.3, 0.4) is 0 Å². The Morgan fingerprint density at radius 1 is 0.678 bits per heavy atom. The normalized spacial score (nSPS) is 15.6. The number of Topliss-reactive ketones (excluding diaryl/α,β-unsaturated/α-hetero) is 2. The lowest BCUT2D eigenvalue weighted by atomic mass is 9.97. The zero-order valence-electron chi connectivity index (χ0n) is 31.6. The molecule has 8 rings (SSSR count). The summed E-state index contributed by atoms with van der Waals surface area (Å²) in [5, 5.41) is 10.3. The van der Waals surface area contributed by atoms with E-state index < -0.39 is 35.3 Å². The summed E-state index contributed by atoms with van der Waals surface area (Å²) in [6, 6.07) is 9.61. The molecule has 6 aromatic heterocycles. The zero-order chi connectivity index (χ0) is 41.9. The molecule has 0 radical (unpaired) electrons. The molecule has 12 nitrogen and oxygen atoms in total. The Kier molecular flexibility index (Phi) is 12.0. The van der Waals surface area contributed by atoms with Crippen LogP contribution in [-0.4, -0.2) is 78.9 Å². The largest absolute Gasteiger partial charge is 0.504 e. The van der Waals surface area contributed by atoms with Crippen LogP contribution in [0, 0.1) is 0 Å². The number of pyridine rings is 4. The first-order valence-electron chi connectivity index (χ1n) is 18.7. The number of nitrogens with zero attached hydrogens (tertiary/aromatic N) is 6. The molecular formula is C41H38F6N6O6. The van der Waals surface area contributed by atoms with Gasteiger partial charge in [-0.3, -0.25) is 9.59 Å². The van der Waals surface area contributed by atoms with Crippen molar-refractivity contribution in [3.63, 3.8) is 0 Å². The number of halogens is 6. The van der Waals surface area contributed by atoms with E-state index in [0.717, 1.165) is 55.3 Å². The van der Waals surface area contributed by atoms with Crippen LogP contribution in [0.5, 0.6) is 11.5 Å². The zero-order valence-corrected chi connectivity index (χ0v) is 31.6. The molecule has 0 amide bonds. The molecule has 6 aromatic rings. The maximum atomic E-state index is 12.9. The smallest absolute Gasteiger partial charge is 0.433 e. The van der Waals surface area contributed by atoms with Crippen LogP contribution < -0.4 is 4.74 Å². The Labute approximate surface area is 332 Å². The quantitative estimate of drug-likeness (QED) is 0.113. The van der Waals surface area contributed by atoms with E-state index in [0.29, 0.717) is 60.5 Å². The van der Waals surface area contributed by atoms with Crippen molar-refractivity contribution in [2.24, 2.45) is 0 Å². The fourth-order valence-corrected chi connectivity index (χ4v) is 7.07. The second kappa shape index (κ2) is 17.1. The number of ether oxygens (including phenoxy) is 3. The third kappa shape index (κ3) is 9.71. The minimum atomic E-state index is -4.62. The monoisotopic (exact) mass is 824 g/mol. The van der Waals surface area contributed by atoms with Gasteiger partial charge in [0.15, 0.2) is 34.4 Å². The molecule has 59 heavy (non-hydrogen) atoms. The van der Waals surface area contributed by atoms with Crippen molar-refractivity contribution in [2.75, 3.05) is 33.5 Å². The lowest BCUT2D eigenvalue weighted by molar-refractivity contribution is -0.142. The molecule has 0 atom stereocenters. The van der Waals surface area contributed by atoms with Crippen molar-refractivity contribution in [1.29, 1.82) is 0 Å². The number of fused-ring (bicyclic) bond motifs is 2. The number of imidazole rings is 2. The van der Waals surface area contributed by atoms with Gasteiger partial charge in [-0.2, -0.15) is 26.3 Å². The van der Waals surface area contributed by atoms with E-state index in [1.165, 1.54) is 31.4 Å². The number of hydrogen-bond acceptors (Lipinski definition) is 10. The summed E-state index contributed by atoms with van der Waals surface area (Å²) in [7, 11) is 1.51. The third-order valence-electron chi connectivity index (χ3n) is 10.1. The third-order valence-corrected chi connectivity index (χ3v) is 10.1. The first-order valence-corrected chi connectivity index (χ1v) is 18.7. The van der Waals surface area contributed by atoms with E-state index in [2.05, 4.69) is 19.9 Å². The van der Waals surface area contributed by atoms with Gasteiger partial charge in [0.2, 0.25) is 0 Å². The molecule has 0 unspecified atom stereocenters. The highest BCUT2D eigenvalue weighted by molar-refractivity contribution is 5.96. The summed E-state index contributed by atoms with van der Waals surface area (Å²) < 4.78 is 96.7. The second-order valence-corrected chi connectivity index (χ2v) is 14.2. The predicted molar refractivity (Wildman–Crippen MR) is 199 cm³/mol. The van der Waals surface area contributed by atoms with Crippen molar-refractivity contribution in [3.05, 3.63) is 119 Å². The van der Waals surface area contributed by atoms with Crippen LogP contribution in [0.2, 0.25) is 0 Å². The summed E-state index contributed by atoms with van der Waals surface area (Å²) in [6.07, 6.45) is 1.06. The molecule has 2 aliphatic heterocycles. The minimum Gasteiger partial charge on any atom is -0.504 e. The number of ketones is 2. The number of aromatic hydroxyl groups is 1. The average molecular weight is 825 g/mol. The van der Waals surface area contributed by atoms with Crippen LogP contribution >= 0.6 is 0 Å². The van der Waals surface area contributed by atoms with Crippen molar-refractivity contribution >= 4 is 22.9 Å². The summed E-state index contributed by atoms with van der Waals surface area (Å²) in [6.45, 7) is 2.71. The topological polar surface area (TPSA) is 142 Å². The summed E-state index contributed by atoms with van der Waals surface area (Å²) in [5.74, 6) is -0.140. The van der Waals surface area contributed by atoms with E-state index in [4.69, 9.17) is 14.2 Å². The molecule has 1 N–H and O–H groups in total. The van der Waals surface area contributed by atoms with Gasteiger partial charge in [0.1, 0.15) is 22.8 Å². The molecule has 2 saturated heterocycles. The van der Waals surface area contributed by atoms with E-state index in [-0.39, 0.29) is 35.9 Å². The van der Waals surface area contributed by atoms with Crippen LogP contribution in [0.1, 0.15) is 92.4 Å². The van der Waals surface area contributed by atoms with Gasteiger partial charge in [0.25, 0.3) is 0 Å². The fourth-order valence-electron chi connectivity index (χ4n) is 7.07. The highest BCUT2D eigenvalue weighted by Crippen LogP contribution is 2.32. The molecule has 0 saturated carbocycles. The molecule has 8 heterocycles. The van der Waals surface area contributed by atoms with E-state index >= 15 is 0 Å². The van der Waals surface area contributed by atoms with Crippen LogP contribution in [0.4, 0.5) is 26.3 Å². The second-order valence-electron chi connectivity index (χ2n) is 14.2. The molecule has 0 aromatic carbocycles. The number of hydrogen-bond donors (Lipinski definition) is 1. The first kappa shape index (κ1) is 41.3. The summed E-state index contributed by atoms with van der Waals surface area (Å²) in [4.78, 5) is 41.1. The van der Waals surface area contributed by atoms with Gasteiger partial charge < -0.3 is 28.1 Å². The van der Waals surface area contributed by atoms with Crippen LogP contribution in [0.15, 0.2) is 73.3 Å². The van der Waals surface area contributed by atoms with Gasteiger partial charge in [-0.1, -0.05) is 12.1 Å².